The van der Waals surface area contributed by atoms with Gasteiger partial charge in [0.05, 0.1) is 12.2 Å². The van der Waals surface area contributed by atoms with E-state index in [9.17, 15) is 4.79 Å². The number of hydrogen-bond donors (Lipinski definition) is 0. The second kappa shape index (κ2) is 7.46. The van der Waals surface area contributed by atoms with Crippen molar-refractivity contribution in [2.75, 3.05) is 11.9 Å². The van der Waals surface area contributed by atoms with Crippen molar-refractivity contribution in [1.82, 2.24) is 0 Å². The molecule has 1 aromatic rings. The van der Waals surface area contributed by atoms with Crippen molar-refractivity contribution in [1.29, 1.82) is 0 Å². The summed E-state index contributed by atoms with van der Waals surface area (Å²) in [6.07, 6.45) is 4.17. The number of benzene rings is 1. The maximum absolute atomic E-state index is 10.7. The van der Waals surface area contributed by atoms with E-state index in [0.29, 0.717) is 17.9 Å². The number of carbonyl (C=O) groups excluding carboxylic acids is 1. The number of hydrogen-bond acceptors (Lipinski definition) is 2. The minimum atomic E-state index is 0.623. The van der Waals surface area contributed by atoms with E-state index in [1.54, 1.807) is 6.07 Å². The third-order valence-corrected chi connectivity index (χ3v) is 2.64. The van der Waals surface area contributed by atoms with Gasteiger partial charge in [0.15, 0.2) is 6.29 Å². The van der Waals surface area contributed by atoms with Gasteiger partial charge in [0.2, 0.25) is 0 Å². The lowest BCUT2D eigenvalue weighted by molar-refractivity contribution is 0.111. The molecule has 3 heteroatoms. The predicted molar refractivity (Wildman–Crippen MR) is 65.0 cm³/mol. The van der Waals surface area contributed by atoms with Crippen LogP contribution in [0.3, 0.4) is 0 Å². The zero-order valence-corrected chi connectivity index (χ0v) is 10.2. The monoisotopic (exact) mass is 270 g/mol. The fraction of sp³-hybridized carbons (Fsp3) is 0.417. The predicted octanol–water partition coefficient (Wildman–Crippen LogP) is 3.44. The molecular weight excluding hydrogens is 256 g/mol. The first-order valence-corrected chi connectivity index (χ1v) is 6.23. The van der Waals surface area contributed by atoms with Crippen LogP contribution in [0.1, 0.15) is 29.6 Å². The highest BCUT2D eigenvalue weighted by Gasteiger charge is 2.00. The van der Waals surface area contributed by atoms with Gasteiger partial charge in [-0.2, -0.15) is 0 Å². The third kappa shape index (κ3) is 4.47. The van der Waals surface area contributed by atoms with Gasteiger partial charge in [0.25, 0.3) is 0 Å². The molecule has 0 bridgehead atoms. The molecule has 82 valence electrons. The number of carbonyl (C=O) groups is 1. The van der Waals surface area contributed by atoms with Crippen LogP contribution in [-0.2, 0) is 0 Å². The first-order chi connectivity index (χ1) is 7.38. The van der Waals surface area contributed by atoms with Crippen molar-refractivity contribution in [2.24, 2.45) is 0 Å². The van der Waals surface area contributed by atoms with Crippen molar-refractivity contribution in [2.45, 2.75) is 19.3 Å². The molecule has 0 fully saturated rings. The quantitative estimate of drug-likeness (QED) is 0.431. The highest BCUT2D eigenvalue weighted by molar-refractivity contribution is 9.09. The molecule has 0 N–H and O–H groups in total. The third-order valence-electron chi connectivity index (χ3n) is 2.08. The fourth-order valence-corrected chi connectivity index (χ4v) is 1.66. The van der Waals surface area contributed by atoms with E-state index in [2.05, 4.69) is 15.9 Å². The van der Waals surface area contributed by atoms with E-state index in [4.69, 9.17) is 4.74 Å². The van der Waals surface area contributed by atoms with Crippen molar-refractivity contribution in [3.8, 4) is 5.75 Å². The Morgan fingerprint density at radius 3 is 2.73 bits per heavy atom. The van der Waals surface area contributed by atoms with Gasteiger partial charge in [-0.15, -0.1) is 0 Å². The van der Waals surface area contributed by atoms with Gasteiger partial charge >= 0.3 is 0 Å². The highest BCUT2D eigenvalue weighted by Crippen LogP contribution is 2.16. The van der Waals surface area contributed by atoms with Crippen molar-refractivity contribution in [3.05, 3.63) is 29.8 Å². The smallest absolute Gasteiger partial charge is 0.153 e. The summed E-state index contributed by atoms with van der Waals surface area (Å²) in [5.41, 5.74) is 0.623. The molecule has 0 unspecified atom stereocenters. The molecule has 0 aliphatic heterocycles. The maximum atomic E-state index is 10.7. The minimum absolute atomic E-state index is 0.623. The van der Waals surface area contributed by atoms with Gasteiger partial charge in [-0.25, -0.2) is 0 Å². The Hall–Kier alpha value is -0.830. The Morgan fingerprint density at radius 2 is 2.00 bits per heavy atom. The normalized spacial score (nSPS) is 9.93. The molecule has 0 amide bonds. The van der Waals surface area contributed by atoms with Gasteiger partial charge in [0, 0.05) is 5.33 Å². The molecule has 0 atom stereocenters. The molecular formula is C12H15BrO2. The lowest BCUT2D eigenvalue weighted by Gasteiger charge is -2.07. The molecule has 2 nitrogen and oxygen atoms in total. The Labute approximate surface area is 98.8 Å². The van der Waals surface area contributed by atoms with Crippen LogP contribution in [0.25, 0.3) is 0 Å². The number of alkyl halides is 1. The fourth-order valence-electron chi connectivity index (χ4n) is 1.26. The summed E-state index contributed by atoms with van der Waals surface area (Å²) in [6, 6.07) is 7.30. The lowest BCUT2D eigenvalue weighted by Crippen LogP contribution is -1.99. The van der Waals surface area contributed by atoms with Crippen LogP contribution in [0.15, 0.2) is 24.3 Å². The number of aldehydes is 1. The Kier molecular flexibility index (Phi) is 6.09. The van der Waals surface area contributed by atoms with E-state index in [0.717, 1.165) is 24.5 Å². The average Bonchev–Trinajstić information content (AvgIpc) is 2.29. The van der Waals surface area contributed by atoms with Crippen molar-refractivity contribution >= 4 is 22.2 Å². The summed E-state index contributed by atoms with van der Waals surface area (Å²) in [4.78, 5) is 10.7. The maximum Gasteiger partial charge on any atom is 0.153 e. The summed E-state index contributed by atoms with van der Waals surface area (Å²) >= 11 is 3.38. The molecule has 1 aromatic carbocycles. The molecule has 0 spiro atoms. The van der Waals surface area contributed by atoms with Crippen LogP contribution in [-0.4, -0.2) is 18.2 Å². The van der Waals surface area contributed by atoms with E-state index >= 15 is 0 Å². The van der Waals surface area contributed by atoms with Gasteiger partial charge in [-0.1, -0.05) is 28.1 Å². The van der Waals surface area contributed by atoms with Gasteiger partial charge in [0.1, 0.15) is 5.75 Å². The number of ether oxygens (including phenoxy) is 1. The largest absolute Gasteiger partial charge is 0.493 e. The molecule has 0 aromatic heterocycles. The highest BCUT2D eigenvalue weighted by atomic mass is 79.9. The molecule has 0 heterocycles. The number of rotatable bonds is 7. The number of halogens is 1. The first-order valence-electron chi connectivity index (χ1n) is 5.11. The van der Waals surface area contributed by atoms with Gasteiger partial charge in [-0.3, -0.25) is 4.79 Å². The van der Waals surface area contributed by atoms with Gasteiger partial charge in [-0.05, 0) is 31.4 Å². The van der Waals surface area contributed by atoms with Crippen LogP contribution in [0.4, 0.5) is 0 Å². The molecule has 0 aliphatic rings. The zero-order valence-electron chi connectivity index (χ0n) is 8.62. The second-order valence-corrected chi connectivity index (χ2v) is 4.05. The standard InChI is InChI=1S/C12H15BrO2/c13-8-4-1-5-9-15-12-7-3-2-6-11(12)10-14/h2-3,6-7,10H,1,4-5,8-9H2. The summed E-state index contributed by atoms with van der Waals surface area (Å²) < 4.78 is 5.53. The van der Waals surface area contributed by atoms with E-state index in [1.165, 1.54) is 6.42 Å². The lowest BCUT2D eigenvalue weighted by atomic mass is 10.2. The van der Waals surface area contributed by atoms with E-state index in [1.807, 2.05) is 18.2 Å². The van der Waals surface area contributed by atoms with Crippen molar-refractivity contribution < 1.29 is 9.53 Å². The van der Waals surface area contributed by atoms with Crippen LogP contribution in [0, 0.1) is 0 Å². The van der Waals surface area contributed by atoms with Crippen LogP contribution in [0.2, 0.25) is 0 Å². The van der Waals surface area contributed by atoms with Crippen LogP contribution in [0.5, 0.6) is 5.75 Å². The number of unbranched alkanes of at least 4 members (excludes halogenated alkanes) is 2. The number of para-hydroxylation sites is 1. The molecule has 0 saturated heterocycles. The molecule has 1 rings (SSSR count). The topological polar surface area (TPSA) is 26.3 Å². The first kappa shape index (κ1) is 12.2. The summed E-state index contributed by atoms with van der Waals surface area (Å²) in [7, 11) is 0. The van der Waals surface area contributed by atoms with Crippen molar-refractivity contribution in [3.63, 3.8) is 0 Å². The summed E-state index contributed by atoms with van der Waals surface area (Å²) in [6.45, 7) is 0.678. The Morgan fingerprint density at radius 1 is 1.20 bits per heavy atom. The van der Waals surface area contributed by atoms with E-state index in [-0.39, 0.29) is 0 Å². The molecule has 15 heavy (non-hydrogen) atoms. The van der Waals surface area contributed by atoms with Gasteiger partial charge < -0.3 is 4.74 Å². The minimum Gasteiger partial charge on any atom is -0.493 e. The Balaban J connectivity index is 2.33. The summed E-state index contributed by atoms with van der Waals surface area (Å²) in [5, 5.41) is 1.04. The van der Waals surface area contributed by atoms with Crippen LogP contribution < -0.4 is 4.74 Å². The zero-order chi connectivity index (χ0) is 10.9. The Bertz CT molecular complexity index is 299. The average molecular weight is 271 g/mol. The molecule has 0 aliphatic carbocycles. The molecule has 0 saturated carbocycles. The van der Waals surface area contributed by atoms with Crippen LogP contribution >= 0.6 is 15.9 Å². The van der Waals surface area contributed by atoms with E-state index < -0.39 is 0 Å². The summed E-state index contributed by atoms with van der Waals surface area (Å²) in [5.74, 6) is 0.686. The molecule has 0 radical (unpaired) electrons. The SMILES string of the molecule is O=Cc1ccccc1OCCCCCBr. The second-order valence-electron chi connectivity index (χ2n) is 3.25.